The van der Waals surface area contributed by atoms with E-state index in [0.717, 1.165) is 4.47 Å². The molecule has 2 N–H and O–H groups in total. The molecular formula is C15H14BrNO4. The Morgan fingerprint density at radius 3 is 2.71 bits per heavy atom. The van der Waals surface area contributed by atoms with E-state index in [0.29, 0.717) is 11.1 Å². The van der Waals surface area contributed by atoms with E-state index in [1.165, 1.54) is 6.26 Å². The van der Waals surface area contributed by atoms with Crippen LogP contribution in [0.1, 0.15) is 34.1 Å². The van der Waals surface area contributed by atoms with Crippen LogP contribution in [0.15, 0.2) is 45.5 Å². The lowest BCUT2D eigenvalue weighted by atomic mass is 10.0. The molecule has 6 heteroatoms. The largest absolute Gasteiger partial charge is 0.481 e. The number of nitrogens with one attached hydrogen (secondary N) is 1. The first-order chi connectivity index (χ1) is 9.97. The fourth-order valence-electron chi connectivity index (χ4n) is 1.98. The zero-order valence-corrected chi connectivity index (χ0v) is 12.9. The van der Waals surface area contributed by atoms with E-state index in [2.05, 4.69) is 21.2 Å². The minimum absolute atomic E-state index is 0.195. The number of benzene rings is 1. The smallest absolute Gasteiger partial charge is 0.305 e. The first kappa shape index (κ1) is 15.3. The van der Waals surface area contributed by atoms with Crippen molar-refractivity contribution in [1.29, 1.82) is 0 Å². The molecule has 1 unspecified atom stereocenters. The van der Waals surface area contributed by atoms with Crippen molar-refractivity contribution in [3.63, 3.8) is 0 Å². The number of halogens is 1. The average molecular weight is 352 g/mol. The van der Waals surface area contributed by atoms with Gasteiger partial charge in [0.15, 0.2) is 5.76 Å². The second-order valence-electron chi connectivity index (χ2n) is 4.61. The summed E-state index contributed by atoms with van der Waals surface area (Å²) in [5.41, 5.74) is 1.42. The van der Waals surface area contributed by atoms with Crippen LogP contribution in [-0.2, 0) is 4.79 Å². The first-order valence-corrected chi connectivity index (χ1v) is 7.09. The molecule has 1 atom stereocenters. The van der Waals surface area contributed by atoms with Crippen LogP contribution in [0.4, 0.5) is 0 Å². The van der Waals surface area contributed by atoms with Gasteiger partial charge in [0.25, 0.3) is 5.91 Å². The summed E-state index contributed by atoms with van der Waals surface area (Å²) in [5.74, 6) is -1.22. The zero-order valence-electron chi connectivity index (χ0n) is 11.3. The Morgan fingerprint density at radius 1 is 1.38 bits per heavy atom. The molecule has 0 spiro atoms. The molecule has 110 valence electrons. The highest BCUT2D eigenvalue weighted by atomic mass is 79.9. The topological polar surface area (TPSA) is 79.5 Å². The molecule has 1 aromatic carbocycles. The summed E-state index contributed by atoms with van der Waals surface area (Å²) in [5, 5.41) is 11.7. The van der Waals surface area contributed by atoms with Crippen LogP contribution in [0.2, 0.25) is 0 Å². The molecule has 2 aromatic rings. The number of carboxylic acid groups (broad SMARTS) is 1. The van der Waals surface area contributed by atoms with Crippen molar-refractivity contribution in [2.24, 2.45) is 0 Å². The van der Waals surface area contributed by atoms with Gasteiger partial charge in [0.05, 0.1) is 18.7 Å². The molecule has 1 heterocycles. The number of aliphatic carboxylic acids is 1. The maximum Gasteiger partial charge on any atom is 0.305 e. The van der Waals surface area contributed by atoms with E-state index in [1.807, 2.05) is 6.07 Å². The van der Waals surface area contributed by atoms with Crippen LogP contribution in [-0.4, -0.2) is 17.0 Å². The predicted octanol–water partition coefficient (Wildman–Crippen LogP) is 3.30. The van der Waals surface area contributed by atoms with Crippen molar-refractivity contribution in [1.82, 2.24) is 5.32 Å². The van der Waals surface area contributed by atoms with Gasteiger partial charge < -0.3 is 14.8 Å². The Balaban J connectivity index is 2.23. The third-order valence-electron chi connectivity index (χ3n) is 3.00. The van der Waals surface area contributed by atoms with E-state index in [-0.39, 0.29) is 12.2 Å². The maximum atomic E-state index is 12.2. The van der Waals surface area contributed by atoms with Gasteiger partial charge in [0.2, 0.25) is 0 Å². The predicted molar refractivity (Wildman–Crippen MR) is 80.0 cm³/mol. The van der Waals surface area contributed by atoms with Crippen molar-refractivity contribution < 1.29 is 19.1 Å². The van der Waals surface area contributed by atoms with E-state index >= 15 is 0 Å². The van der Waals surface area contributed by atoms with E-state index in [9.17, 15) is 9.59 Å². The van der Waals surface area contributed by atoms with Crippen molar-refractivity contribution in [3.8, 4) is 0 Å². The highest BCUT2D eigenvalue weighted by Gasteiger charge is 2.21. The quantitative estimate of drug-likeness (QED) is 0.865. The van der Waals surface area contributed by atoms with Crippen LogP contribution >= 0.6 is 15.9 Å². The molecule has 0 radical (unpaired) electrons. The van der Waals surface area contributed by atoms with Crippen LogP contribution in [0, 0.1) is 6.92 Å². The highest BCUT2D eigenvalue weighted by molar-refractivity contribution is 9.10. The van der Waals surface area contributed by atoms with Crippen LogP contribution in [0.25, 0.3) is 0 Å². The van der Waals surface area contributed by atoms with E-state index < -0.39 is 17.9 Å². The Bertz CT molecular complexity index is 665. The lowest BCUT2D eigenvalue weighted by molar-refractivity contribution is -0.137. The van der Waals surface area contributed by atoms with Gasteiger partial charge in [-0.3, -0.25) is 9.59 Å². The SMILES string of the molecule is Cc1ccoc1C(=O)NC(CC(=O)O)c1cccc(Br)c1. The average Bonchev–Trinajstić information content (AvgIpc) is 2.83. The number of hydrogen-bond acceptors (Lipinski definition) is 3. The monoisotopic (exact) mass is 351 g/mol. The van der Waals surface area contributed by atoms with Crippen LogP contribution in [0.5, 0.6) is 0 Å². The fraction of sp³-hybridized carbons (Fsp3) is 0.200. The minimum atomic E-state index is -0.989. The van der Waals surface area contributed by atoms with Gasteiger partial charge in [0, 0.05) is 10.0 Å². The van der Waals surface area contributed by atoms with Crippen molar-refractivity contribution >= 4 is 27.8 Å². The Labute approximate surface area is 130 Å². The lowest BCUT2D eigenvalue weighted by Crippen LogP contribution is -2.30. The number of aryl methyl sites for hydroxylation is 1. The summed E-state index contributed by atoms with van der Waals surface area (Å²) in [6.45, 7) is 1.75. The number of carbonyl (C=O) groups is 2. The summed E-state index contributed by atoms with van der Waals surface area (Å²) in [6.07, 6.45) is 1.22. The van der Waals surface area contributed by atoms with Gasteiger partial charge in [-0.05, 0) is 30.7 Å². The third kappa shape index (κ3) is 3.95. The summed E-state index contributed by atoms with van der Waals surface area (Å²) in [7, 11) is 0. The normalized spacial score (nSPS) is 11.9. The van der Waals surface area contributed by atoms with Crippen LogP contribution < -0.4 is 5.32 Å². The van der Waals surface area contributed by atoms with E-state index in [4.69, 9.17) is 9.52 Å². The molecule has 0 bridgehead atoms. The second kappa shape index (κ2) is 6.58. The molecule has 1 amide bonds. The van der Waals surface area contributed by atoms with Gasteiger partial charge in [-0.15, -0.1) is 0 Å². The second-order valence-corrected chi connectivity index (χ2v) is 5.53. The summed E-state index contributed by atoms with van der Waals surface area (Å²) in [4.78, 5) is 23.2. The Morgan fingerprint density at radius 2 is 2.14 bits per heavy atom. The Kier molecular flexibility index (Phi) is 4.80. The molecule has 0 aliphatic heterocycles. The maximum absolute atomic E-state index is 12.2. The lowest BCUT2D eigenvalue weighted by Gasteiger charge is -2.17. The number of rotatable bonds is 5. The van der Waals surface area contributed by atoms with Gasteiger partial charge >= 0.3 is 5.97 Å². The number of hydrogen-bond donors (Lipinski definition) is 2. The molecule has 5 nitrogen and oxygen atoms in total. The Hall–Kier alpha value is -2.08. The van der Waals surface area contributed by atoms with Crippen LogP contribution in [0.3, 0.4) is 0 Å². The molecule has 21 heavy (non-hydrogen) atoms. The molecular weight excluding hydrogens is 338 g/mol. The van der Waals surface area contributed by atoms with Gasteiger partial charge in [-0.1, -0.05) is 28.1 Å². The number of carbonyl (C=O) groups excluding carboxylic acids is 1. The molecule has 0 fully saturated rings. The van der Waals surface area contributed by atoms with E-state index in [1.54, 1.807) is 31.2 Å². The highest BCUT2D eigenvalue weighted by Crippen LogP contribution is 2.22. The number of carboxylic acids is 1. The summed E-state index contributed by atoms with van der Waals surface area (Å²) >= 11 is 3.33. The first-order valence-electron chi connectivity index (χ1n) is 6.29. The summed E-state index contributed by atoms with van der Waals surface area (Å²) < 4.78 is 5.94. The van der Waals surface area contributed by atoms with Crippen molar-refractivity contribution in [2.45, 2.75) is 19.4 Å². The molecule has 0 aliphatic carbocycles. The molecule has 0 aliphatic rings. The number of furan rings is 1. The molecule has 2 rings (SSSR count). The van der Waals surface area contributed by atoms with Crippen molar-refractivity contribution in [2.75, 3.05) is 0 Å². The standard InChI is InChI=1S/C15H14BrNO4/c1-9-5-6-21-14(9)15(20)17-12(8-13(18)19)10-3-2-4-11(16)7-10/h2-7,12H,8H2,1H3,(H,17,20)(H,18,19). The zero-order chi connectivity index (χ0) is 15.4. The fourth-order valence-corrected chi connectivity index (χ4v) is 2.40. The van der Waals surface area contributed by atoms with Gasteiger partial charge in [-0.2, -0.15) is 0 Å². The molecule has 0 saturated heterocycles. The molecule has 0 saturated carbocycles. The van der Waals surface area contributed by atoms with Gasteiger partial charge in [0.1, 0.15) is 0 Å². The summed E-state index contributed by atoms with van der Waals surface area (Å²) in [6, 6.07) is 8.23. The minimum Gasteiger partial charge on any atom is -0.481 e. The third-order valence-corrected chi connectivity index (χ3v) is 3.50. The number of amides is 1. The van der Waals surface area contributed by atoms with Crippen molar-refractivity contribution in [3.05, 3.63) is 58.0 Å². The molecule has 1 aromatic heterocycles. The van der Waals surface area contributed by atoms with Gasteiger partial charge in [-0.25, -0.2) is 0 Å².